The van der Waals surface area contributed by atoms with E-state index in [9.17, 15) is 14.4 Å². The van der Waals surface area contributed by atoms with Crippen LogP contribution in [0.25, 0.3) is 11.0 Å². The van der Waals surface area contributed by atoms with Crippen LogP contribution < -0.4 is 5.43 Å². The number of amides is 2. The third kappa shape index (κ3) is 5.02. The van der Waals surface area contributed by atoms with Crippen molar-refractivity contribution in [2.75, 3.05) is 46.4 Å². The molecule has 2 aromatic rings. The topological polar surface area (TPSA) is 83.3 Å². The molecule has 2 aliphatic heterocycles. The van der Waals surface area contributed by atoms with Gasteiger partial charge in [0.2, 0.25) is 11.8 Å². The Bertz CT molecular complexity index is 1050. The van der Waals surface area contributed by atoms with Crippen molar-refractivity contribution in [2.45, 2.75) is 38.8 Å². The van der Waals surface area contributed by atoms with Gasteiger partial charge >= 0.3 is 0 Å². The molecule has 2 fully saturated rings. The average Bonchev–Trinajstić information content (AvgIpc) is 3.11. The molecule has 0 saturated carbocycles. The summed E-state index contributed by atoms with van der Waals surface area (Å²) in [7, 11) is 1.65. The Kier molecular flexibility index (Phi) is 6.91. The lowest BCUT2D eigenvalue weighted by atomic mass is 10.1. The molecular weight excluding hydrogens is 410 g/mol. The number of hydrogen-bond donors (Lipinski definition) is 0. The average molecular weight is 442 g/mol. The summed E-state index contributed by atoms with van der Waals surface area (Å²) in [6.45, 7) is 5.63. The predicted octanol–water partition coefficient (Wildman–Crippen LogP) is 1.77. The van der Waals surface area contributed by atoms with Gasteiger partial charge in [0.15, 0.2) is 5.43 Å². The van der Waals surface area contributed by atoms with E-state index < -0.39 is 0 Å². The van der Waals surface area contributed by atoms with E-state index in [0.29, 0.717) is 55.7 Å². The fraction of sp³-hybridized carbons (Fsp3) is 0.542. The van der Waals surface area contributed by atoms with Gasteiger partial charge in [-0.2, -0.15) is 0 Å². The number of carbonyl (C=O) groups is 2. The second-order valence-electron chi connectivity index (χ2n) is 8.79. The van der Waals surface area contributed by atoms with E-state index in [4.69, 9.17) is 9.15 Å². The molecule has 1 aromatic carbocycles. The maximum absolute atomic E-state index is 13.0. The normalized spacial score (nSPS) is 20.4. The first kappa shape index (κ1) is 22.5. The number of nitrogens with zero attached hydrogens (tertiary/aromatic N) is 3. The van der Waals surface area contributed by atoms with Crippen molar-refractivity contribution in [1.82, 2.24) is 14.7 Å². The van der Waals surface area contributed by atoms with Crippen molar-refractivity contribution >= 4 is 22.8 Å². The van der Waals surface area contributed by atoms with Crippen LogP contribution in [0.3, 0.4) is 0 Å². The highest BCUT2D eigenvalue weighted by Crippen LogP contribution is 2.16. The standard InChI is InChI=1S/C24H31N3O5/c1-17-6-7-21-20(11-17)24(30)18(16-32-21)12-25-13-19(31-2)14-27(23(29)15-25)10-4-9-26-8-3-5-22(26)28/h6-7,11,16,19H,3-5,8-10,12-15H2,1-2H3/t19-/m0/s1. The number of aryl methyl sites for hydroxylation is 1. The van der Waals surface area contributed by atoms with Gasteiger partial charge in [-0.25, -0.2) is 0 Å². The molecule has 172 valence electrons. The summed E-state index contributed by atoms with van der Waals surface area (Å²) >= 11 is 0. The first-order valence-corrected chi connectivity index (χ1v) is 11.3. The van der Waals surface area contributed by atoms with Crippen molar-refractivity contribution < 1.29 is 18.7 Å². The van der Waals surface area contributed by atoms with E-state index in [1.54, 1.807) is 13.2 Å². The van der Waals surface area contributed by atoms with E-state index in [2.05, 4.69) is 0 Å². The molecule has 2 aliphatic rings. The van der Waals surface area contributed by atoms with Gasteiger partial charge in [0.05, 0.1) is 24.3 Å². The zero-order chi connectivity index (χ0) is 22.7. The molecule has 4 rings (SSSR count). The van der Waals surface area contributed by atoms with Crippen LogP contribution in [0.4, 0.5) is 0 Å². The molecule has 1 atom stereocenters. The van der Waals surface area contributed by atoms with Crippen LogP contribution in [0.1, 0.15) is 30.4 Å². The number of ether oxygens (including phenoxy) is 1. The van der Waals surface area contributed by atoms with Crippen molar-refractivity contribution in [3.05, 3.63) is 45.8 Å². The summed E-state index contributed by atoms with van der Waals surface area (Å²) in [5.74, 6) is 0.218. The van der Waals surface area contributed by atoms with Crippen LogP contribution in [0.15, 0.2) is 33.7 Å². The lowest BCUT2D eigenvalue weighted by molar-refractivity contribution is -0.131. The Morgan fingerprint density at radius 2 is 1.91 bits per heavy atom. The van der Waals surface area contributed by atoms with E-state index >= 15 is 0 Å². The monoisotopic (exact) mass is 441 g/mol. The maximum atomic E-state index is 13.0. The van der Waals surface area contributed by atoms with Crippen LogP contribution in [0.2, 0.25) is 0 Å². The summed E-state index contributed by atoms with van der Waals surface area (Å²) in [5, 5.41) is 0.560. The maximum Gasteiger partial charge on any atom is 0.236 e. The summed E-state index contributed by atoms with van der Waals surface area (Å²) < 4.78 is 11.3. The number of fused-ring (bicyclic) bond motifs is 1. The Labute approximate surface area is 187 Å². The minimum Gasteiger partial charge on any atom is -0.464 e. The number of likely N-dealkylation sites (tertiary alicyclic amines) is 1. The molecule has 0 radical (unpaired) electrons. The van der Waals surface area contributed by atoms with E-state index in [0.717, 1.165) is 24.9 Å². The van der Waals surface area contributed by atoms with Gasteiger partial charge in [0.25, 0.3) is 0 Å². The van der Waals surface area contributed by atoms with Crippen LogP contribution >= 0.6 is 0 Å². The Morgan fingerprint density at radius 3 is 2.66 bits per heavy atom. The molecule has 2 amide bonds. The van der Waals surface area contributed by atoms with Gasteiger partial charge < -0.3 is 19.0 Å². The van der Waals surface area contributed by atoms with Gasteiger partial charge in [-0.05, 0) is 31.9 Å². The zero-order valence-electron chi connectivity index (χ0n) is 18.8. The van der Waals surface area contributed by atoms with Gasteiger partial charge in [0.1, 0.15) is 5.58 Å². The van der Waals surface area contributed by atoms with E-state index in [-0.39, 0.29) is 29.9 Å². The molecular formula is C24H31N3O5. The summed E-state index contributed by atoms with van der Waals surface area (Å²) in [5.41, 5.74) is 2.03. The molecule has 0 aliphatic carbocycles. The number of rotatable bonds is 7. The second kappa shape index (κ2) is 9.83. The Balaban J connectivity index is 1.42. The molecule has 0 N–H and O–H groups in total. The zero-order valence-corrected chi connectivity index (χ0v) is 18.8. The molecule has 0 bridgehead atoms. The highest BCUT2D eigenvalue weighted by atomic mass is 16.5. The minimum absolute atomic E-state index is 0.0123. The summed E-state index contributed by atoms with van der Waals surface area (Å²) in [4.78, 5) is 43.4. The number of hydrogen-bond acceptors (Lipinski definition) is 6. The molecule has 8 heteroatoms. The van der Waals surface area contributed by atoms with Crippen molar-refractivity contribution in [2.24, 2.45) is 0 Å². The summed E-state index contributed by atoms with van der Waals surface area (Å²) in [6.07, 6.45) is 3.66. The van der Waals surface area contributed by atoms with Gasteiger partial charge in [0, 0.05) is 58.4 Å². The minimum atomic E-state index is -0.149. The van der Waals surface area contributed by atoms with Crippen LogP contribution in [-0.2, 0) is 20.9 Å². The lowest BCUT2D eigenvalue weighted by Gasteiger charge is -2.24. The molecule has 8 nitrogen and oxygen atoms in total. The van der Waals surface area contributed by atoms with Gasteiger partial charge in [-0.15, -0.1) is 0 Å². The number of carbonyl (C=O) groups excluding carboxylic acids is 2. The SMILES string of the molecule is CO[C@H]1CN(Cc2coc3ccc(C)cc3c2=O)CC(=O)N(CCCN2CCCC2=O)C1. The first-order valence-electron chi connectivity index (χ1n) is 11.3. The van der Waals surface area contributed by atoms with Crippen LogP contribution in [-0.4, -0.2) is 79.0 Å². The quantitative estimate of drug-likeness (QED) is 0.651. The number of benzene rings is 1. The molecule has 0 unspecified atom stereocenters. The first-order chi connectivity index (χ1) is 15.4. The van der Waals surface area contributed by atoms with Crippen molar-refractivity contribution in [1.29, 1.82) is 0 Å². The summed E-state index contributed by atoms with van der Waals surface area (Å²) in [6, 6.07) is 5.55. The molecule has 3 heterocycles. The van der Waals surface area contributed by atoms with Crippen molar-refractivity contribution in [3.63, 3.8) is 0 Å². The van der Waals surface area contributed by atoms with Crippen LogP contribution in [0, 0.1) is 6.92 Å². The molecule has 2 saturated heterocycles. The molecule has 1 aromatic heterocycles. The lowest BCUT2D eigenvalue weighted by Crippen LogP contribution is -2.39. The highest BCUT2D eigenvalue weighted by molar-refractivity contribution is 5.79. The number of methoxy groups -OCH3 is 1. The highest BCUT2D eigenvalue weighted by Gasteiger charge is 2.29. The predicted molar refractivity (Wildman–Crippen MR) is 120 cm³/mol. The van der Waals surface area contributed by atoms with Crippen LogP contribution in [0.5, 0.6) is 0 Å². The molecule has 0 spiro atoms. The smallest absolute Gasteiger partial charge is 0.236 e. The van der Waals surface area contributed by atoms with Gasteiger partial charge in [-0.3, -0.25) is 19.3 Å². The molecule has 32 heavy (non-hydrogen) atoms. The van der Waals surface area contributed by atoms with Crippen molar-refractivity contribution in [3.8, 4) is 0 Å². The third-order valence-corrected chi connectivity index (χ3v) is 6.35. The second-order valence-corrected chi connectivity index (χ2v) is 8.79. The van der Waals surface area contributed by atoms with E-state index in [1.807, 2.05) is 33.8 Å². The fourth-order valence-electron chi connectivity index (χ4n) is 4.56. The fourth-order valence-corrected chi connectivity index (χ4v) is 4.56. The van der Waals surface area contributed by atoms with E-state index in [1.165, 1.54) is 6.26 Å². The third-order valence-electron chi connectivity index (χ3n) is 6.35. The van der Waals surface area contributed by atoms with Gasteiger partial charge in [-0.1, -0.05) is 11.6 Å². The Hall–Kier alpha value is -2.71. The largest absolute Gasteiger partial charge is 0.464 e. The Morgan fingerprint density at radius 1 is 1.09 bits per heavy atom.